The molecule has 0 aliphatic heterocycles. The van der Waals surface area contributed by atoms with E-state index < -0.39 is 23.1 Å². The van der Waals surface area contributed by atoms with Gasteiger partial charge >= 0.3 is 6.18 Å². The Morgan fingerprint density at radius 3 is 2.15 bits per heavy atom. The fraction of sp³-hybridized carbons (Fsp3) is 0.130. The molecule has 3 aromatic rings. The number of carbonyl (C=O) groups is 1. The summed E-state index contributed by atoms with van der Waals surface area (Å²) in [5, 5.41) is 9.95. The molecular weight excluding hydrogens is 537 g/mol. The van der Waals surface area contributed by atoms with E-state index in [1.165, 1.54) is 36.4 Å². The predicted octanol–water partition coefficient (Wildman–Crippen LogP) is 8.50. The Morgan fingerprint density at radius 1 is 0.882 bits per heavy atom. The topological polar surface area (TPSA) is 59.3 Å². The van der Waals surface area contributed by atoms with Crippen molar-refractivity contribution in [3.05, 3.63) is 85.8 Å². The number of Topliss-reactive ketones (excluding diaryl/α,β-unsaturated/α-hetero) is 1. The first-order valence-corrected chi connectivity index (χ1v) is 10.8. The molecule has 176 valence electrons. The number of ether oxygens (including phenoxy) is 2. The summed E-state index contributed by atoms with van der Waals surface area (Å²) in [7, 11) is 0. The number of rotatable bonds is 6. The summed E-state index contributed by atoms with van der Waals surface area (Å²) in [6, 6.07) is 12.6. The SMILES string of the molecule is CC(=O)C(C#N)(Oc1cc(Oc2ccc(C(F)(F)F)cc2Cl)ccc1Cl)c1ccc(Cl)cc1Cl. The lowest BCUT2D eigenvalue weighted by Gasteiger charge is -2.27. The minimum atomic E-state index is -4.57. The van der Waals surface area contributed by atoms with Crippen molar-refractivity contribution < 1.29 is 27.4 Å². The molecule has 0 spiro atoms. The Hall–Kier alpha value is -2.63. The second kappa shape index (κ2) is 9.93. The van der Waals surface area contributed by atoms with Crippen molar-refractivity contribution >= 4 is 52.2 Å². The highest BCUT2D eigenvalue weighted by Crippen LogP contribution is 2.41. The molecule has 0 fully saturated rings. The second-order valence-corrected chi connectivity index (χ2v) is 8.57. The normalized spacial score (nSPS) is 13.0. The largest absolute Gasteiger partial charge is 0.459 e. The summed E-state index contributed by atoms with van der Waals surface area (Å²) in [4.78, 5) is 12.6. The third kappa shape index (κ3) is 5.37. The van der Waals surface area contributed by atoms with Crippen molar-refractivity contribution in [3.8, 4) is 23.3 Å². The minimum Gasteiger partial charge on any atom is -0.459 e. The Bertz CT molecular complexity index is 1310. The molecule has 0 N–H and O–H groups in total. The van der Waals surface area contributed by atoms with Gasteiger partial charge in [0, 0.05) is 23.6 Å². The average molecular weight is 549 g/mol. The van der Waals surface area contributed by atoms with Crippen molar-refractivity contribution in [1.29, 1.82) is 5.26 Å². The van der Waals surface area contributed by atoms with Crippen LogP contribution in [0.1, 0.15) is 18.1 Å². The van der Waals surface area contributed by atoms with Gasteiger partial charge in [-0.2, -0.15) is 18.4 Å². The Labute approximate surface area is 212 Å². The van der Waals surface area contributed by atoms with Gasteiger partial charge in [-0.15, -0.1) is 0 Å². The highest BCUT2D eigenvalue weighted by Gasteiger charge is 2.43. The first kappa shape index (κ1) is 26.0. The quantitative estimate of drug-likeness (QED) is 0.310. The molecular formula is C23H12Cl4F3NO3. The summed E-state index contributed by atoms with van der Waals surface area (Å²) in [5.41, 5.74) is -3.07. The standard InChI is InChI=1S/C23H12Cl4F3NO3/c1-12(32)22(11-31,16-5-3-14(24)9-18(16)26)34-21-10-15(4-6-17(21)25)33-20-7-2-13(8-19(20)27)23(28,29)30/h2-10H,1H3. The lowest BCUT2D eigenvalue weighted by atomic mass is 9.91. The van der Waals surface area contributed by atoms with Crippen molar-refractivity contribution in [2.45, 2.75) is 18.7 Å². The number of ketones is 1. The average Bonchev–Trinajstić information content (AvgIpc) is 2.75. The molecule has 34 heavy (non-hydrogen) atoms. The molecule has 0 aromatic heterocycles. The van der Waals surface area contributed by atoms with E-state index in [0.29, 0.717) is 0 Å². The molecule has 0 amide bonds. The van der Waals surface area contributed by atoms with E-state index in [-0.39, 0.29) is 42.9 Å². The summed E-state index contributed by atoms with van der Waals surface area (Å²) >= 11 is 24.3. The lowest BCUT2D eigenvalue weighted by molar-refractivity contribution is -0.137. The van der Waals surface area contributed by atoms with Crippen LogP contribution in [0.3, 0.4) is 0 Å². The number of hydrogen-bond acceptors (Lipinski definition) is 4. The van der Waals surface area contributed by atoms with Crippen LogP contribution in [0, 0.1) is 11.3 Å². The number of carbonyl (C=O) groups excluding carboxylic acids is 1. The van der Waals surface area contributed by atoms with E-state index in [4.69, 9.17) is 55.9 Å². The highest BCUT2D eigenvalue weighted by atomic mass is 35.5. The number of hydrogen-bond donors (Lipinski definition) is 0. The fourth-order valence-corrected chi connectivity index (χ4v) is 3.85. The van der Waals surface area contributed by atoms with Crippen LogP contribution in [0.25, 0.3) is 0 Å². The van der Waals surface area contributed by atoms with Gasteiger partial charge in [0.25, 0.3) is 5.60 Å². The van der Waals surface area contributed by atoms with E-state index in [0.717, 1.165) is 25.1 Å². The van der Waals surface area contributed by atoms with Crippen LogP contribution in [0.2, 0.25) is 20.1 Å². The van der Waals surface area contributed by atoms with Gasteiger partial charge in [0.15, 0.2) is 5.78 Å². The Balaban J connectivity index is 2.00. The molecule has 0 radical (unpaired) electrons. The molecule has 3 rings (SSSR count). The maximum atomic E-state index is 12.9. The van der Waals surface area contributed by atoms with E-state index in [2.05, 4.69) is 0 Å². The number of alkyl halides is 3. The lowest BCUT2D eigenvalue weighted by Crippen LogP contribution is -2.39. The van der Waals surface area contributed by atoms with Crippen molar-refractivity contribution in [2.75, 3.05) is 0 Å². The predicted molar refractivity (Wildman–Crippen MR) is 123 cm³/mol. The molecule has 4 nitrogen and oxygen atoms in total. The zero-order valence-electron chi connectivity index (χ0n) is 17.0. The second-order valence-electron chi connectivity index (χ2n) is 6.91. The molecule has 3 aromatic carbocycles. The van der Waals surface area contributed by atoms with Crippen molar-refractivity contribution in [1.82, 2.24) is 0 Å². The molecule has 11 heteroatoms. The van der Waals surface area contributed by atoms with Crippen LogP contribution in [-0.4, -0.2) is 5.78 Å². The Kier molecular flexibility index (Phi) is 7.59. The van der Waals surface area contributed by atoms with Crippen LogP contribution < -0.4 is 9.47 Å². The molecule has 0 heterocycles. The van der Waals surface area contributed by atoms with Crippen LogP contribution >= 0.6 is 46.4 Å². The van der Waals surface area contributed by atoms with Gasteiger partial charge in [0.05, 0.1) is 20.6 Å². The van der Waals surface area contributed by atoms with Crippen LogP contribution in [0.5, 0.6) is 17.2 Å². The highest BCUT2D eigenvalue weighted by molar-refractivity contribution is 6.35. The van der Waals surface area contributed by atoms with Crippen molar-refractivity contribution in [2.24, 2.45) is 0 Å². The summed E-state index contributed by atoms with van der Waals surface area (Å²) in [5.74, 6) is -0.808. The van der Waals surface area contributed by atoms with E-state index in [1.54, 1.807) is 0 Å². The minimum absolute atomic E-state index is 0.0179. The monoisotopic (exact) mass is 547 g/mol. The molecule has 0 aliphatic carbocycles. The number of nitrogens with zero attached hydrogens (tertiary/aromatic N) is 1. The number of nitriles is 1. The van der Waals surface area contributed by atoms with E-state index >= 15 is 0 Å². The van der Waals surface area contributed by atoms with Gasteiger partial charge in [-0.25, -0.2) is 0 Å². The smallest absolute Gasteiger partial charge is 0.416 e. The molecule has 0 saturated heterocycles. The van der Waals surface area contributed by atoms with Gasteiger partial charge < -0.3 is 9.47 Å². The summed E-state index contributed by atoms with van der Waals surface area (Å²) < 4.78 is 50.0. The van der Waals surface area contributed by atoms with Gasteiger partial charge in [-0.05, 0) is 42.5 Å². The zero-order valence-corrected chi connectivity index (χ0v) is 20.0. The van der Waals surface area contributed by atoms with Crippen LogP contribution in [0.15, 0.2) is 54.6 Å². The first-order chi connectivity index (χ1) is 15.9. The van der Waals surface area contributed by atoms with Crippen LogP contribution in [0.4, 0.5) is 13.2 Å². The first-order valence-electron chi connectivity index (χ1n) is 9.28. The van der Waals surface area contributed by atoms with E-state index in [9.17, 15) is 23.2 Å². The molecule has 1 unspecified atom stereocenters. The fourth-order valence-electron chi connectivity index (χ4n) is 2.93. The molecule has 0 bridgehead atoms. The third-order valence-corrected chi connectivity index (χ3v) is 5.77. The summed E-state index contributed by atoms with van der Waals surface area (Å²) in [6.45, 7) is 1.14. The van der Waals surface area contributed by atoms with Crippen molar-refractivity contribution in [3.63, 3.8) is 0 Å². The van der Waals surface area contributed by atoms with Gasteiger partial charge in [0.1, 0.15) is 23.3 Å². The molecule has 0 saturated carbocycles. The maximum Gasteiger partial charge on any atom is 0.416 e. The third-order valence-electron chi connectivity index (χ3n) is 4.62. The van der Waals surface area contributed by atoms with Gasteiger partial charge in [-0.3, -0.25) is 4.79 Å². The molecule has 1 atom stereocenters. The zero-order chi connectivity index (χ0) is 25.3. The Morgan fingerprint density at radius 2 is 1.59 bits per heavy atom. The maximum absolute atomic E-state index is 12.9. The van der Waals surface area contributed by atoms with Gasteiger partial charge in [-0.1, -0.05) is 52.5 Å². The summed E-state index contributed by atoms with van der Waals surface area (Å²) in [6.07, 6.45) is -4.57. The van der Waals surface area contributed by atoms with Gasteiger partial charge in [0.2, 0.25) is 0 Å². The van der Waals surface area contributed by atoms with Crippen LogP contribution in [-0.2, 0) is 16.6 Å². The van der Waals surface area contributed by atoms with E-state index in [1.807, 2.05) is 6.07 Å². The number of benzene rings is 3. The number of halogens is 7. The molecule has 0 aliphatic rings.